The number of aromatic nitrogens is 2. The van der Waals surface area contributed by atoms with E-state index in [9.17, 15) is 0 Å². The van der Waals surface area contributed by atoms with Crippen LogP contribution in [0.25, 0.3) is 4.83 Å². The summed E-state index contributed by atoms with van der Waals surface area (Å²) in [7, 11) is 1.57. The highest BCUT2D eigenvalue weighted by atomic mass is 32.1. The number of rotatable bonds is 1. The number of nitrogen functional groups attached to an aromatic ring is 1. The van der Waals surface area contributed by atoms with Crippen molar-refractivity contribution in [2.24, 2.45) is 0 Å². The fourth-order valence-corrected chi connectivity index (χ4v) is 1.94. The topological polar surface area (TPSA) is 52.5 Å². The molecule has 0 radical (unpaired) electrons. The lowest BCUT2D eigenvalue weighted by atomic mass is 10.6. The van der Waals surface area contributed by atoms with Crippen molar-refractivity contribution in [1.29, 1.82) is 0 Å². The van der Waals surface area contributed by atoms with Gasteiger partial charge in [0.25, 0.3) is 5.88 Å². The molecular formula is C7H9N3OS. The quantitative estimate of drug-likeness (QED) is 0.725. The maximum absolute atomic E-state index is 5.76. The summed E-state index contributed by atoms with van der Waals surface area (Å²) in [5, 5.41) is 4.13. The summed E-state index contributed by atoms with van der Waals surface area (Å²) < 4.78 is 6.72. The van der Waals surface area contributed by atoms with Gasteiger partial charge in [-0.2, -0.15) is 0 Å². The average molecular weight is 183 g/mol. The monoisotopic (exact) mass is 183 g/mol. The van der Waals surface area contributed by atoms with Gasteiger partial charge in [-0.05, 0) is 6.92 Å². The Morgan fingerprint density at radius 3 is 3.00 bits per heavy atom. The Morgan fingerprint density at radius 1 is 1.67 bits per heavy atom. The second-order valence-corrected chi connectivity index (χ2v) is 3.75. The standard InChI is InChI=1S/C7H9N3OS/c1-4-3-10-7(12-4)5(8)6(9-10)11-2/h3H,8H2,1-2H3. The van der Waals surface area contributed by atoms with Crippen molar-refractivity contribution in [2.75, 3.05) is 12.8 Å². The van der Waals surface area contributed by atoms with Crippen LogP contribution in [0.1, 0.15) is 4.88 Å². The molecule has 2 rings (SSSR count). The maximum Gasteiger partial charge on any atom is 0.258 e. The van der Waals surface area contributed by atoms with Gasteiger partial charge in [-0.3, -0.25) is 0 Å². The molecule has 2 aromatic heterocycles. The number of aryl methyl sites for hydroxylation is 1. The molecule has 0 amide bonds. The van der Waals surface area contributed by atoms with Gasteiger partial charge in [0.2, 0.25) is 0 Å². The molecule has 0 spiro atoms. The summed E-state index contributed by atoms with van der Waals surface area (Å²) in [5.74, 6) is 0.501. The number of methoxy groups -OCH3 is 1. The summed E-state index contributed by atoms with van der Waals surface area (Å²) in [5.41, 5.74) is 6.39. The van der Waals surface area contributed by atoms with Gasteiger partial charge in [-0.25, -0.2) is 4.52 Å². The van der Waals surface area contributed by atoms with Crippen molar-refractivity contribution < 1.29 is 4.74 Å². The van der Waals surface area contributed by atoms with Gasteiger partial charge in [-0.1, -0.05) is 0 Å². The van der Waals surface area contributed by atoms with E-state index in [-0.39, 0.29) is 0 Å². The number of fused-ring (bicyclic) bond motifs is 1. The van der Waals surface area contributed by atoms with Gasteiger partial charge in [0.05, 0.1) is 7.11 Å². The highest BCUT2D eigenvalue weighted by molar-refractivity contribution is 7.18. The number of nitrogens with two attached hydrogens (primary N) is 1. The summed E-state index contributed by atoms with van der Waals surface area (Å²) in [6.45, 7) is 2.02. The van der Waals surface area contributed by atoms with Gasteiger partial charge in [0.15, 0.2) is 0 Å². The van der Waals surface area contributed by atoms with Crippen LogP contribution in [0.5, 0.6) is 5.88 Å². The summed E-state index contributed by atoms with van der Waals surface area (Å²) in [6.07, 6.45) is 1.93. The molecule has 64 valence electrons. The smallest absolute Gasteiger partial charge is 0.258 e. The van der Waals surface area contributed by atoms with Gasteiger partial charge >= 0.3 is 0 Å². The molecule has 4 nitrogen and oxygen atoms in total. The third kappa shape index (κ3) is 0.863. The van der Waals surface area contributed by atoms with Crippen LogP contribution in [0, 0.1) is 6.92 Å². The highest BCUT2D eigenvalue weighted by Crippen LogP contribution is 2.30. The molecule has 0 aromatic carbocycles. The van der Waals surface area contributed by atoms with E-state index < -0.39 is 0 Å². The number of ether oxygens (including phenoxy) is 1. The molecule has 12 heavy (non-hydrogen) atoms. The van der Waals surface area contributed by atoms with Gasteiger partial charge in [0.1, 0.15) is 10.5 Å². The van der Waals surface area contributed by atoms with Gasteiger partial charge in [0, 0.05) is 11.1 Å². The molecule has 0 fully saturated rings. The second kappa shape index (κ2) is 2.38. The number of nitrogens with zero attached hydrogens (tertiary/aromatic N) is 2. The van der Waals surface area contributed by atoms with E-state index in [1.54, 1.807) is 23.0 Å². The van der Waals surface area contributed by atoms with E-state index in [1.807, 2.05) is 13.1 Å². The first kappa shape index (κ1) is 7.42. The fourth-order valence-electron chi connectivity index (χ4n) is 1.10. The Morgan fingerprint density at radius 2 is 2.42 bits per heavy atom. The number of hydrogen-bond donors (Lipinski definition) is 1. The van der Waals surface area contributed by atoms with Crippen LogP contribution < -0.4 is 10.5 Å². The van der Waals surface area contributed by atoms with Crippen molar-refractivity contribution in [3.05, 3.63) is 11.1 Å². The Hall–Kier alpha value is -1.23. The maximum atomic E-state index is 5.76. The third-order valence-electron chi connectivity index (χ3n) is 1.62. The van der Waals surface area contributed by atoms with Crippen LogP contribution in [0.4, 0.5) is 5.69 Å². The second-order valence-electron chi connectivity index (χ2n) is 2.51. The zero-order valence-electron chi connectivity index (χ0n) is 6.87. The van der Waals surface area contributed by atoms with Crippen molar-refractivity contribution >= 4 is 21.9 Å². The van der Waals surface area contributed by atoms with Crippen LogP contribution >= 0.6 is 11.3 Å². The van der Waals surface area contributed by atoms with E-state index in [0.717, 1.165) is 4.83 Å². The molecule has 0 saturated heterocycles. The molecule has 0 bridgehead atoms. The Bertz CT molecular complexity index is 417. The summed E-state index contributed by atoms with van der Waals surface area (Å²) >= 11 is 1.61. The summed E-state index contributed by atoms with van der Waals surface area (Å²) in [6, 6.07) is 0. The molecule has 0 unspecified atom stereocenters. The SMILES string of the molecule is COc1nn2cc(C)sc2c1N. The first-order valence-electron chi connectivity index (χ1n) is 3.50. The molecule has 2 aromatic rings. The third-order valence-corrected chi connectivity index (χ3v) is 2.65. The van der Waals surface area contributed by atoms with Crippen molar-refractivity contribution in [3.63, 3.8) is 0 Å². The van der Waals surface area contributed by atoms with Crippen molar-refractivity contribution in [3.8, 4) is 5.88 Å². The van der Waals surface area contributed by atoms with Crippen molar-refractivity contribution in [1.82, 2.24) is 9.61 Å². The first-order chi connectivity index (χ1) is 5.72. The molecule has 0 saturated carbocycles. The minimum absolute atomic E-state index is 0.501. The Labute approximate surface area is 73.6 Å². The normalized spacial score (nSPS) is 10.8. The van der Waals surface area contributed by atoms with E-state index >= 15 is 0 Å². The minimum Gasteiger partial charge on any atom is -0.478 e. The van der Waals surface area contributed by atoms with E-state index in [0.29, 0.717) is 11.6 Å². The number of anilines is 1. The summed E-state index contributed by atoms with van der Waals surface area (Å²) in [4.78, 5) is 2.14. The van der Waals surface area contributed by atoms with Gasteiger partial charge < -0.3 is 10.5 Å². The van der Waals surface area contributed by atoms with Crippen LogP contribution in [-0.4, -0.2) is 16.7 Å². The minimum atomic E-state index is 0.501. The Balaban J connectivity index is 2.74. The molecule has 2 N–H and O–H groups in total. The number of thiazole rings is 1. The largest absolute Gasteiger partial charge is 0.478 e. The molecule has 0 aliphatic rings. The van der Waals surface area contributed by atoms with Gasteiger partial charge in [-0.15, -0.1) is 16.4 Å². The predicted molar refractivity (Wildman–Crippen MR) is 48.8 cm³/mol. The number of hydrogen-bond acceptors (Lipinski definition) is 4. The fraction of sp³-hybridized carbons (Fsp3) is 0.286. The van der Waals surface area contributed by atoms with Crippen LogP contribution in [0.3, 0.4) is 0 Å². The predicted octanol–water partition coefficient (Wildman–Crippen LogP) is 1.30. The Kier molecular flexibility index (Phi) is 1.47. The molecule has 0 atom stereocenters. The molecule has 5 heteroatoms. The van der Waals surface area contributed by atoms with Crippen LogP contribution in [-0.2, 0) is 0 Å². The lowest BCUT2D eigenvalue weighted by molar-refractivity contribution is 0.397. The molecule has 0 aliphatic heterocycles. The lowest BCUT2D eigenvalue weighted by Gasteiger charge is -1.91. The zero-order chi connectivity index (χ0) is 8.72. The average Bonchev–Trinajstić information content (AvgIpc) is 2.51. The lowest BCUT2D eigenvalue weighted by Crippen LogP contribution is -1.88. The van der Waals surface area contributed by atoms with Crippen LogP contribution in [0.15, 0.2) is 6.20 Å². The first-order valence-corrected chi connectivity index (χ1v) is 4.32. The highest BCUT2D eigenvalue weighted by Gasteiger charge is 2.11. The van der Waals surface area contributed by atoms with E-state index in [2.05, 4.69) is 5.10 Å². The molecular weight excluding hydrogens is 174 g/mol. The van der Waals surface area contributed by atoms with Crippen LogP contribution in [0.2, 0.25) is 0 Å². The van der Waals surface area contributed by atoms with Crippen molar-refractivity contribution in [2.45, 2.75) is 6.92 Å². The molecule has 2 heterocycles. The molecule has 0 aliphatic carbocycles. The van der Waals surface area contributed by atoms with E-state index in [1.165, 1.54) is 4.88 Å². The zero-order valence-corrected chi connectivity index (χ0v) is 7.68. The van der Waals surface area contributed by atoms with E-state index in [4.69, 9.17) is 10.5 Å².